The van der Waals surface area contributed by atoms with E-state index in [1.165, 1.54) is 11.8 Å². The molecule has 2 rings (SSSR count). The first kappa shape index (κ1) is 13.9. The number of hydrogen-bond donors (Lipinski definition) is 1. The molecule has 1 N–H and O–H groups in total. The van der Waals surface area contributed by atoms with Gasteiger partial charge in [-0.2, -0.15) is 0 Å². The van der Waals surface area contributed by atoms with Crippen LogP contribution < -0.4 is 10.1 Å². The SMILES string of the molecule is CNCc1ccc(Sc2cccc(OC)c2)c(F)c1. The molecule has 0 amide bonds. The zero-order chi connectivity index (χ0) is 13.7. The molecule has 0 aliphatic rings. The minimum Gasteiger partial charge on any atom is -0.497 e. The van der Waals surface area contributed by atoms with E-state index in [2.05, 4.69) is 5.32 Å². The summed E-state index contributed by atoms with van der Waals surface area (Å²) in [6.45, 7) is 0.668. The molecule has 4 heteroatoms. The van der Waals surface area contributed by atoms with Gasteiger partial charge in [-0.1, -0.05) is 23.9 Å². The molecule has 19 heavy (non-hydrogen) atoms. The van der Waals surface area contributed by atoms with Crippen molar-refractivity contribution >= 4 is 11.8 Å². The maximum absolute atomic E-state index is 14.0. The van der Waals surface area contributed by atoms with E-state index in [-0.39, 0.29) is 5.82 Å². The van der Waals surface area contributed by atoms with Gasteiger partial charge in [-0.25, -0.2) is 4.39 Å². The van der Waals surface area contributed by atoms with Crippen LogP contribution in [0.2, 0.25) is 0 Å². The molecule has 0 radical (unpaired) electrons. The summed E-state index contributed by atoms with van der Waals surface area (Å²) in [6.07, 6.45) is 0. The van der Waals surface area contributed by atoms with Gasteiger partial charge in [0, 0.05) is 16.3 Å². The first-order valence-corrected chi connectivity index (χ1v) is 6.79. The molecule has 0 spiro atoms. The second-order valence-electron chi connectivity index (χ2n) is 4.08. The summed E-state index contributed by atoms with van der Waals surface area (Å²) in [4.78, 5) is 1.58. The first-order chi connectivity index (χ1) is 9.22. The lowest BCUT2D eigenvalue weighted by molar-refractivity contribution is 0.413. The standard InChI is InChI=1S/C15H16FNOS/c1-17-10-11-6-7-15(14(16)8-11)19-13-5-3-4-12(9-13)18-2/h3-9,17H,10H2,1-2H3. The van der Waals surface area contributed by atoms with E-state index in [4.69, 9.17) is 4.74 Å². The van der Waals surface area contributed by atoms with Crippen molar-refractivity contribution < 1.29 is 9.13 Å². The van der Waals surface area contributed by atoms with Crippen molar-refractivity contribution in [2.75, 3.05) is 14.2 Å². The van der Waals surface area contributed by atoms with Gasteiger partial charge in [-0.3, -0.25) is 0 Å². The van der Waals surface area contributed by atoms with Crippen molar-refractivity contribution in [3.63, 3.8) is 0 Å². The highest BCUT2D eigenvalue weighted by Gasteiger charge is 2.06. The van der Waals surface area contributed by atoms with Crippen LogP contribution in [0, 0.1) is 5.82 Å². The van der Waals surface area contributed by atoms with Crippen molar-refractivity contribution in [1.29, 1.82) is 0 Å². The fourth-order valence-electron chi connectivity index (χ4n) is 1.73. The summed E-state index contributed by atoms with van der Waals surface area (Å²) < 4.78 is 19.1. The molecule has 0 aromatic heterocycles. The highest BCUT2D eigenvalue weighted by Crippen LogP contribution is 2.32. The van der Waals surface area contributed by atoms with E-state index in [0.29, 0.717) is 11.4 Å². The lowest BCUT2D eigenvalue weighted by atomic mass is 10.2. The Kier molecular flexibility index (Phi) is 4.82. The fraction of sp³-hybridized carbons (Fsp3) is 0.200. The zero-order valence-corrected chi connectivity index (χ0v) is 11.8. The molecule has 0 aliphatic heterocycles. The zero-order valence-electron chi connectivity index (χ0n) is 10.9. The Morgan fingerprint density at radius 3 is 2.74 bits per heavy atom. The maximum Gasteiger partial charge on any atom is 0.137 e. The van der Waals surface area contributed by atoms with Gasteiger partial charge in [-0.05, 0) is 42.9 Å². The van der Waals surface area contributed by atoms with E-state index >= 15 is 0 Å². The van der Waals surface area contributed by atoms with Gasteiger partial charge in [0.2, 0.25) is 0 Å². The molecule has 0 aliphatic carbocycles. The molecule has 0 bridgehead atoms. The number of methoxy groups -OCH3 is 1. The summed E-state index contributed by atoms with van der Waals surface area (Å²) >= 11 is 1.40. The summed E-state index contributed by atoms with van der Waals surface area (Å²) in [7, 11) is 3.47. The predicted molar refractivity (Wildman–Crippen MR) is 76.3 cm³/mol. The molecule has 2 aromatic carbocycles. The van der Waals surface area contributed by atoms with E-state index < -0.39 is 0 Å². The Balaban J connectivity index is 2.18. The van der Waals surface area contributed by atoms with Crippen molar-refractivity contribution in [2.24, 2.45) is 0 Å². The molecule has 0 unspecified atom stereocenters. The van der Waals surface area contributed by atoms with Crippen molar-refractivity contribution in [2.45, 2.75) is 16.3 Å². The number of halogens is 1. The minimum atomic E-state index is -0.194. The molecule has 0 fully saturated rings. The summed E-state index contributed by atoms with van der Waals surface area (Å²) in [5, 5.41) is 3.01. The number of rotatable bonds is 5. The van der Waals surface area contributed by atoms with Gasteiger partial charge >= 0.3 is 0 Å². The molecule has 2 nitrogen and oxygen atoms in total. The average Bonchev–Trinajstić information content (AvgIpc) is 2.42. The fourth-order valence-corrected chi connectivity index (χ4v) is 2.60. The molecule has 0 heterocycles. The van der Waals surface area contributed by atoms with Crippen LogP contribution in [0.3, 0.4) is 0 Å². The average molecular weight is 277 g/mol. The topological polar surface area (TPSA) is 21.3 Å². The van der Waals surface area contributed by atoms with Crippen molar-refractivity contribution in [1.82, 2.24) is 5.32 Å². The number of nitrogens with one attached hydrogen (secondary N) is 1. The largest absolute Gasteiger partial charge is 0.497 e. The normalized spacial score (nSPS) is 10.5. The van der Waals surface area contributed by atoms with E-state index in [0.717, 1.165) is 16.2 Å². The Labute approximate surface area is 117 Å². The quantitative estimate of drug-likeness (QED) is 0.900. The van der Waals surface area contributed by atoms with Crippen LogP contribution in [0.15, 0.2) is 52.3 Å². The van der Waals surface area contributed by atoms with E-state index in [1.807, 2.05) is 43.4 Å². The molecule has 0 saturated heterocycles. The summed E-state index contributed by atoms with van der Waals surface area (Å²) in [6, 6.07) is 12.9. The second kappa shape index (κ2) is 6.59. The van der Waals surface area contributed by atoms with Crippen LogP contribution in [0.25, 0.3) is 0 Å². The molecule has 0 atom stereocenters. The Morgan fingerprint density at radius 2 is 2.05 bits per heavy atom. The molecule has 0 saturated carbocycles. The van der Waals surface area contributed by atoms with Crippen molar-refractivity contribution in [3.05, 3.63) is 53.8 Å². The van der Waals surface area contributed by atoms with Gasteiger partial charge in [0.1, 0.15) is 11.6 Å². The monoisotopic (exact) mass is 277 g/mol. The third-order valence-electron chi connectivity index (χ3n) is 2.65. The van der Waals surface area contributed by atoms with E-state index in [9.17, 15) is 4.39 Å². The van der Waals surface area contributed by atoms with Crippen LogP contribution in [0.5, 0.6) is 5.75 Å². The highest BCUT2D eigenvalue weighted by molar-refractivity contribution is 7.99. The Morgan fingerprint density at radius 1 is 1.21 bits per heavy atom. The second-order valence-corrected chi connectivity index (χ2v) is 5.19. The third-order valence-corrected chi connectivity index (χ3v) is 3.69. The predicted octanol–water partition coefficient (Wildman–Crippen LogP) is 3.70. The third kappa shape index (κ3) is 3.72. The molecule has 2 aromatic rings. The smallest absolute Gasteiger partial charge is 0.137 e. The molecular formula is C15H16FNOS. The molecular weight excluding hydrogens is 261 g/mol. The van der Waals surface area contributed by atoms with Gasteiger partial charge in [0.25, 0.3) is 0 Å². The highest BCUT2D eigenvalue weighted by atomic mass is 32.2. The number of ether oxygens (including phenoxy) is 1. The van der Waals surface area contributed by atoms with Crippen LogP contribution in [-0.2, 0) is 6.54 Å². The lowest BCUT2D eigenvalue weighted by Crippen LogP contribution is -2.05. The number of benzene rings is 2. The summed E-state index contributed by atoms with van der Waals surface area (Å²) in [5.74, 6) is 0.581. The van der Waals surface area contributed by atoms with E-state index in [1.54, 1.807) is 13.2 Å². The van der Waals surface area contributed by atoms with Gasteiger partial charge in [-0.15, -0.1) is 0 Å². The van der Waals surface area contributed by atoms with Gasteiger partial charge in [0.05, 0.1) is 7.11 Å². The Bertz CT molecular complexity index is 560. The lowest BCUT2D eigenvalue weighted by Gasteiger charge is -2.07. The first-order valence-electron chi connectivity index (χ1n) is 5.98. The van der Waals surface area contributed by atoms with Gasteiger partial charge < -0.3 is 10.1 Å². The number of hydrogen-bond acceptors (Lipinski definition) is 3. The van der Waals surface area contributed by atoms with Gasteiger partial charge in [0.15, 0.2) is 0 Å². The van der Waals surface area contributed by atoms with Crippen LogP contribution in [0.1, 0.15) is 5.56 Å². The van der Waals surface area contributed by atoms with Crippen LogP contribution in [0.4, 0.5) is 4.39 Å². The Hall–Kier alpha value is -1.52. The summed E-state index contributed by atoms with van der Waals surface area (Å²) in [5.41, 5.74) is 0.940. The van der Waals surface area contributed by atoms with Crippen molar-refractivity contribution in [3.8, 4) is 5.75 Å². The molecule has 100 valence electrons. The van der Waals surface area contributed by atoms with Crippen LogP contribution in [-0.4, -0.2) is 14.2 Å². The van der Waals surface area contributed by atoms with Crippen LogP contribution >= 0.6 is 11.8 Å². The minimum absolute atomic E-state index is 0.194. The maximum atomic E-state index is 14.0.